The van der Waals surface area contributed by atoms with Gasteiger partial charge in [0, 0.05) is 0 Å². The molecule has 1 aliphatic carbocycles. The molecule has 0 bridgehead atoms. The average Bonchev–Trinajstić information content (AvgIpc) is 3.08. The molecule has 1 aliphatic rings. The topological polar surface area (TPSA) is 94.4 Å². The normalized spacial score (nSPS) is 17.2. The summed E-state index contributed by atoms with van der Waals surface area (Å²) in [4.78, 5) is 4.32. The van der Waals surface area contributed by atoms with E-state index in [1.54, 1.807) is 24.3 Å². The van der Waals surface area contributed by atoms with E-state index in [4.69, 9.17) is 15.0 Å². The van der Waals surface area contributed by atoms with Crippen molar-refractivity contribution in [2.24, 2.45) is 5.73 Å². The monoisotopic (exact) mass is 275 g/mol. The van der Waals surface area contributed by atoms with E-state index in [1.165, 1.54) is 0 Å². The lowest BCUT2D eigenvalue weighted by atomic mass is 9.99. The number of nitrogens with two attached hydrogens (primary N) is 1. The van der Waals surface area contributed by atoms with Gasteiger partial charge in [0.1, 0.15) is 11.5 Å². The summed E-state index contributed by atoms with van der Waals surface area (Å²) in [6.45, 7) is 0.188. The third-order valence-corrected chi connectivity index (χ3v) is 3.61. The summed E-state index contributed by atoms with van der Waals surface area (Å²) in [6, 6.07) is 6.46. The summed E-state index contributed by atoms with van der Waals surface area (Å²) in [5, 5.41) is 13.1. The minimum absolute atomic E-state index is 0.188. The number of aromatic nitrogens is 2. The Morgan fingerprint density at radius 1 is 1.25 bits per heavy atom. The molecular formula is C14H17N3O3. The molecule has 6 heteroatoms. The summed E-state index contributed by atoms with van der Waals surface area (Å²) in [7, 11) is 0. The van der Waals surface area contributed by atoms with Gasteiger partial charge >= 0.3 is 0 Å². The van der Waals surface area contributed by atoms with Crippen molar-refractivity contribution in [1.82, 2.24) is 10.1 Å². The van der Waals surface area contributed by atoms with Crippen molar-refractivity contribution in [2.75, 3.05) is 0 Å². The van der Waals surface area contributed by atoms with Crippen molar-refractivity contribution in [3.8, 4) is 11.5 Å². The van der Waals surface area contributed by atoms with Crippen LogP contribution in [0.4, 0.5) is 0 Å². The molecule has 0 spiro atoms. The Bertz CT molecular complexity index is 574. The molecule has 3 rings (SSSR count). The first-order valence-corrected chi connectivity index (χ1v) is 6.69. The van der Waals surface area contributed by atoms with Crippen LogP contribution in [-0.2, 0) is 12.1 Å². The molecule has 1 heterocycles. The quantitative estimate of drug-likeness (QED) is 0.887. The molecule has 6 nitrogen and oxygen atoms in total. The van der Waals surface area contributed by atoms with Crippen molar-refractivity contribution in [2.45, 2.75) is 37.8 Å². The minimum atomic E-state index is -0.444. The van der Waals surface area contributed by atoms with Gasteiger partial charge in [-0.1, -0.05) is 18.0 Å². The number of ether oxygens (including phenoxy) is 1. The molecule has 2 aromatic rings. The first-order chi connectivity index (χ1) is 9.66. The molecule has 0 radical (unpaired) electrons. The van der Waals surface area contributed by atoms with Crippen LogP contribution in [0.25, 0.3) is 0 Å². The van der Waals surface area contributed by atoms with Crippen LogP contribution in [0.15, 0.2) is 28.8 Å². The molecule has 1 fully saturated rings. The predicted molar refractivity (Wildman–Crippen MR) is 71.1 cm³/mol. The van der Waals surface area contributed by atoms with Crippen molar-refractivity contribution in [3.63, 3.8) is 0 Å². The number of rotatable bonds is 4. The van der Waals surface area contributed by atoms with E-state index in [0.29, 0.717) is 17.5 Å². The molecule has 1 aromatic carbocycles. The Balaban J connectivity index is 1.64. The second kappa shape index (κ2) is 5.13. The number of benzene rings is 1. The first-order valence-electron chi connectivity index (χ1n) is 6.69. The SMILES string of the molecule is NC1(c2noc(COc3ccc(O)cc3)n2)CCCC1. The molecule has 1 saturated carbocycles. The second-order valence-electron chi connectivity index (χ2n) is 5.16. The van der Waals surface area contributed by atoms with Crippen molar-refractivity contribution >= 4 is 0 Å². The summed E-state index contributed by atoms with van der Waals surface area (Å²) < 4.78 is 10.7. The lowest BCUT2D eigenvalue weighted by Gasteiger charge is -2.17. The minimum Gasteiger partial charge on any atom is -0.508 e. The van der Waals surface area contributed by atoms with Gasteiger partial charge in [-0.05, 0) is 37.1 Å². The van der Waals surface area contributed by atoms with E-state index >= 15 is 0 Å². The lowest BCUT2D eigenvalue weighted by molar-refractivity contribution is 0.241. The fourth-order valence-electron chi connectivity index (χ4n) is 2.43. The van der Waals surface area contributed by atoms with Crippen LogP contribution in [0.3, 0.4) is 0 Å². The number of phenols is 1. The van der Waals surface area contributed by atoms with E-state index in [2.05, 4.69) is 10.1 Å². The maximum Gasteiger partial charge on any atom is 0.264 e. The average molecular weight is 275 g/mol. The van der Waals surface area contributed by atoms with Crippen LogP contribution in [0.2, 0.25) is 0 Å². The number of hydrogen-bond acceptors (Lipinski definition) is 6. The first kappa shape index (κ1) is 12.9. The van der Waals surface area contributed by atoms with E-state index in [-0.39, 0.29) is 12.4 Å². The van der Waals surface area contributed by atoms with Crippen LogP contribution in [-0.4, -0.2) is 15.2 Å². The van der Waals surface area contributed by atoms with Gasteiger partial charge in [0.25, 0.3) is 5.89 Å². The van der Waals surface area contributed by atoms with Crippen molar-refractivity contribution < 1.29 is 14.4 Å². The van der Waals surface area contributed by atoms with Crippen LogP contribution in [0, 0.1) is 0 Å². The summed E-state index contributed by atoms with van der Waals surface area (Å²) in [5.41, 5.74) is 5.82. The van der Waals surface area contributed by atoms with Gasteiger partial charge in [0.15, 0.2) is 12.4 Å². The molecule has 0 amide bonds. The third-order valence-electron chi connectivity index (χ3n) is 3.61. The summed E-state index contributed by atoms with van der Waals surface area (Å²) in [5.74, 6) is 1.80. The molecule has 1 aromatic heterocycles. The van der Waals surface area contributed by atoms with Gasteiger partial charge in [-0.25, -0.2) is 0 Å². The fraction of sp³-hybridized carbons (Fsp3) is 0.429. The number of nitrogens with zero attached hydrogens (tertiary/aromatic N) is 2. The van der Waals surface area contributed by atoms with E-state index in [1.807, 2.05) is 0 Å². The van der Waals surface area contributed by atoms with Gasteiger partial charge < -0.3 is 20.1 Å². The maximum absolute atomic E-state index is 9.18. The lowest BCUT2D eigenvalue weighted by Crippen LogP contribution is -2.34. The molecule has 0 atom stereocenters. The number of aromatic hydroxyl groups is 1. The van der Waals surface area contributed by atoms with Crippen LogP contribution >= 0.6 is 0 Å². The Labute approximate surface area is 116 Å². The fourth-order valence-corrected chi connectivity index (χ4v) is 2.43. The highest BCUT2D eigenvalue weighted by molar-refractivity contribution is 5.30. The smallest absolute Gasteiger partial charge is 0.264 e. The molecule has 20 heavy (non-hydrogen) atoms. The maximum atomic E-state index is 9.18. The van der Waals surface area contributed by atoms with Crippen molar-refractivity contribution in [3.05, 3.63) is 36.0 Å². The molecule has 0 aliphatic heterocycles. The summed E-state index contributed by atoms with van der Waals surface area (Å²) in [6.07, 6.45) is 3.99. The Kier molecular flexibility index (Phi) is 3.31. The third kappa shape index (κ3) is 2.60. The Morgan fingerprint density at radius 2 is 1.95 bits per heavy atom. The molecule has 0 unspecified atom stereocenters. The van der Waals surface area contributed by atoms with Gasteiger partial charge in [-0.3, -0.25) is 0 Å². The number of hydrogen-bond donors (Lipinski definition) is 2. The van der Waals surface area contributed by atoms with Gasteiger partial charge in [-0.2, -0.15) is 4.98 Å². The highest BCUT2D eigenvalue weighted by Gasteiger charge is 2.35. The number of phenolic OH excluding ortho intramolecular Hbond substituents is 1. The zero-order valence-electron chi connectivity index (χ0n) is 11.1. The standard InChI is InChI=1S/C14H17N3O3/c15-14(7-1-2-8-14)13-16-12(20-17-13)9-19-11-5-3-10(18)4-6-11/h3-6,18H,1-2,7-9,15H2. The Hall–Kier alpha value is -2.08. The van der Waals surface area contributed by atoms with Gasteiger partial charge in [0.05, 0.1) is 5.54 Å². The van der Waals surface area contributed by atoms with Crippen molar-refractivity contribution in [1.29, 1.82) is 0 Å². The van der Waals surface area contributed by atoms with Crippen LogP contribution < -0.4 is 10.5 Å². The largest absolute Gasteiger partial charge is 0.508 e. The Morgan fingerprint density at radius 3 is 2.65 bits per heavy atom. The van der Waals surface area contributed by atoms with Crippen LogP contribution in [0.5, 0.6) is 11.5 Å². The molecule has 3 N–H and O–H groups in total. The van der Waals surface area contributed by atoms with E-state index < -0.39 is 5.54 Å². The highest BCUT2D eigenvalue weighted by Crippen LogP contribution is 2.34. The molecule has 0 saturated heterocycles. The van der Waals surface area contributed by atoms with E-state index in [9.17, 15) is 5.11 Å². The summed E-state index contributed by atoms with van der Waals surface area (Å²) >= 11 is 0. The van der Waals surface area contributed by atoms with E-state index in [0.717, 1.165) is 25.7 Å². The second-order valence-corrected chi connectivity index (χ2v) is 5.16. The van der Waals surface area contributed by atoms with Crippen LogP contribution in [0.1, 0.15) is 37.4 Å². The zero-order valence-corrected chi connectivity index (χ0v) is 11.1. The van der Waals surface area contributed by atoms with Gasteiger partial charge in [0.2, 0.25) is 0 Å². The zero-order chi connectivity index (χ0) is 14.0. The molecular weight excluding hydrogens is 258 g/mol. The van der Waals surface area contributed by atoms with Gasteiger partial charge in [-0.15, -0.1) is 0 Å². The molecule has 106 valence electrons. The highest BCUT2D eigenvalue weighted by atomic mass is 16.5. The predicted octanol–water partition coefficient (Wildman–Crippen LogP) is 2.08.